The van der Waals surface area contributed by atoms with Crippen LogP contribution in [0, 0.1) is 35.5 Å². The van der Waals surface area contributed by atoms with E-state index >= 15 is 0 Å². The fourth-order valence-electron chi connectivity index (χ4n) is 10.3. The third kappa shape index (κ3) is 15.6. The number of ketones is 3. The normalized spacial score (nSPS) is 39.2. The van der Waals surface area contributed by atoms with Gasteiger partial charge in [0.05, 0.1) is 30.5 Å². The minimum Gasteiger partial charge on any atom is -0.460 e. The summed E-state index contributed by atoms with van der Waals surface area (Å²) in [7, 11) is 4.63. The molecule has 0 aromatic rings. The number of carbonyl (C=O) groups is 5. The molecule has 3 fully saturated rings. The summed E-state index contributed by atoms with van der Waals surface area (Å²) in [5, 5.41) is 23.4. The van der Waals surface area contributed by atoms with Crippen molar-refractivity contribution in [1.82, 2.24) is 4.90 Å². The van der Waals surface area contributed by atoms with Crippen molar-refractivity contribution in [1.29, 1.82) is 0 Å². The molecule has 3 aliphatic heterocycles. The topological polar surface area (TPSA) is 184 Å². The Labute approximate surface area is 400 Å². The summed E-state index contributed by atoms with van der Waals surface area (Å²) < 4.78 is 35.8. The Balaban J connectivity index is 1.69. The van der Waals surface area contributed by atoms with Gasteiger partial charge in [0.1, 0.15) is 30.1 Å². The Kier molecular flexibility index (Phi) is 22.3. The molecule has 14 nitrogen and oxygen atoms in total. The number of Topliss-reactive ketones (excluding diaryl/α,β-unsaturated/α-hetero) is 3. The van der Waals surface area contributed by atoms with Crippen LogP contribution in [-0.2, 0) is 52.4 Å². The van der Waals surface area contributed by atoms with Gasteiger partial charge in [0.25, 0.3) is 11.7 Å². The van der Waals surface area contributed by atoms with Gasteiger partial charge in [-0.3, -0.25) is 19.2 Å². The Hall–Kier alpha value is -3.37. The van der Waals surface area contributed by atoms with Gasteiger partial charge in [0, 0.05) is 58.5 Å². The molecule has 1 saturated carbocycles. The molecule has 14 heteroatoms. The molecule has 378 valence electrons. The van der Waals surface area contributed by atoms with Crippen LogP contribution in [0.15, 0.2) is 48.1 Å². The second-order valence-corrected chi connectivity index (χ2v) is 20.3. The maximum absolute atomic E-state index is 14.4. The molecule has 15 atom stereocenters. The second-order valence-electron chi connectivity index (χ2n) is 20.3. The highest BCUT2D eigenvalue weighted by atomic mass is 16.6. The molecule has 4 rings (SSSR count). The van der Waals surface area contributed by atoms with Crippen molar-refractivity contribution in [2.75, 3.05) is 27.9 Å². The number of nitrogens with zero attached hydrogens (tertiary/aromatic N) is 1. The van der Waals surface area contributed by atoms with Gasteiger partial charge in [-0.15, -0.1) is 0 Å². The highest BCUT2D eigenvalue weighted by Gasteiger charge is 2.53. The fraction of sp³-hybridized carbons (Fsp3) is 0.755. The number of aliphatic hydroxyl groups is 2. The van der Waals surface area contributed by atoms with E-state index in [9.17, 15) is 34.2 Å². The van der Waals surface area contributed by atoms with Gasteiger partial charge in [-0.1, -0.05) is 77.2 Å². The third-order valence-corrected chi connectivity index (χ3v) is 14.5. The van der Waals surface area contributed by atoms with Gasteiger partial charge in [0.15, 0.2) is 5.78 Å². The average Bonchev–Trinajstić information content (AvgIpc) is 3.29. The molecule has 2 bridgehead atoms. The van der Waals surface area contributed by atoms with Crippen molar-refractivity contribution in [3.63, 3.8) is 0 Å². The zero-order valence-corrected chi connectivity index (χ0v) is 42.2. The fourth-order valence-corrected chi connectivity index (χ4v) is 10.3. The second kappa shape index (κ2) is 26.6. The minimum absolute atomic E-state index is 0.0268. The Morgan fingerprint density at radius 2 is 1.52 bits per heavy atom. The average molecular weight is 942 g/mol. The molecule has 67 heavy (non-hydrogen) atoms. The van der Waals surface area contributed by atoms with Gasteiger partial charge in [0.2, 0.25) is 5.79 Å². The van der Waals surface area contributed by atoms with Crippen LogP contribution in [0.5, 0.6) is 0 Å². The zero-order chi connectivity index (χ0) is 49.6. The van der Waals surface area contributed by atoms with E-state index in [2.05, 4.69) is 0 Å². The van der Waals surface area contributed by atoms with Crippen LogP contribution in [0.3, 0.4) is 0 Å². The van der Waals surface area contributed by atoms with Gasteiger partial charge >= 0.3 is 5.97 Å². The first-order chi connectivity index (χ1) is 31.7. The SMILES string of the molecule is CO[C@@H]1/C=C/C=C/C=C/[C@@H](C)C[C@@H](C)C(=O)[C@H](OC)[C@H](O)/C(C)=C/[C@@H](C)C(=O)C[C@@H]([C@H](C)C[C@@H]2CC[C@@H](OC(C)C)[C@H](OC)C2)OC(=O)[C@@H]2CCCCN2C(=O)C(=O)[C@]2(O)O[C@@H](CC[C@H]2C)C1. The highest BCUT2D eigenvalue weighted by Crippen LogP contribution is 2.38. The quantitative estimate of drug-likeness (QED) is 0.141. The molecule has 3 heterocycles. The maximum atomic E-state index is 14.4. The lowest BCUT2D eigenvalue weighted by Gasteiger charge is -2.42. The summed E-state index contributed by atoms with van der Waals surface area (Å²) in [6.45, 7) is 14.9. The van der Waals surface area contributed by atoms with Gasteiger partial charge in [-0.25, -0.2) is 4.79 Å². The molecule has 0 spiro atoms. The number of rotatable bonds is 8. The first-order valence-electron chi connectivity index (χ1n) is 24.9. The van der Waals surface area contributed by atoms with E-state index in [-0.39, 0.29) is 67.0 Å². The van der Waals surface area contributed by atoms with E-state index < -0.39 is 77.8 Å². The molecule has 4 aliphatic rings. The lowest BCUT2D eigenvalue weighted by atomic mass is 9.78. The standard InChI is InChI=1S/C53H83NO13/c1-32(2)65-44-24-22-39(29-46(44)63-10)28-35(5)45-31-43(55)34(4)27-37(7)48(57)49(64-11)47(56)36(6)26-33(3)18-14-12-13-15-19-40(62-9)30-41-23-21-38(8)53(61,67-41)50(58)51(59)54-25-17-16-20-42(54)52(60)66-45/h12-15,18-19,27,32-36,38-42,44-46,48-49,57,61H,16-17,20-26,28-31H2,1-11H3/b13-12+,18-14+,19-15+,37-27+/t33-,34-,35-,36-,38-,39+,40-,41+,42+,44-,45+,46-,48-,49+,53-/m1/s1. The maximum Gasteiger partial charge on any atom is 0.329 e. The van der Waals surface area contributed by atoms with Crippen LogP contribution in [0.2, 0.25) is 0 Å². The number of fused-ring (bicyclic) bond motifs is 3. The van der Waals surface area contributed by atoms with E-state index in [4.69, 9.17) is 28.4 Å². The summed E-state index contributed by atoms with van der Waals surface area (Å²) in [5.74, 6) is -7.72. The van der Waals surface area contributed by atoms with Crippen LogP contribution in [0.25, 0.3) is 0 Å². The van der Waals surface area contributed by atoms with E-state index in [0.717, 1.165) is 19.3 Å². The molecule has 0 aromatic heterocycles. The van der Waals surface area contributed by atoms with Crippen LogP contribution in [-0.4, -0.2) is 133 Å². The smallest absolute Gasteiger partial charge is 0.329 e. The highest BCUT2D eigenvalue weighted by molar-refractivity contribution is 6.39. The largest absolute Gasteiger partial charge is 0.460 e. The minimum atomic E-state index is -2.42. The van der Waals surface area contributed by atoms with Gasteiger partial charge < -0.3 is 43.5 Å². The number of ether oxygens (including phenoxy) is 6. The van der Waals surface area contributed by atoms with Crippen molar-refractivity contribution in [2.24, 2.45) is 35.5 Å². The lowest BCUT2D eigenvalue weighted by Crippen LogP contribution is -2.60. The van der Waals surface area contributed by atoms with Crippen molar-refractivity contribution in [3.8, 4) is 0 Å². The monoisotopic (exact) mass is 942 g/mol. The van der Waals surface area contributed by atoms with E-state index in [1.165, 1.54) is 12.0 Å². The molecule has 0 unspecified atom stereocenters. The number of piperidine rings is 1. The summed E-state index contributed by atoms with van der Waals surface area (Å²) >= 11 is 0. The first kappa shape index (κ1) is 56.2. The molecule has 2 N–H and O–H groups in total. The molecule has 1 aliphatic carbocycles. The summed E-state index contributed by atoms with van der Waals surface area (Å²) in [6.07, 6.45) is 14.4. The Morgan fingerprint density at radius 1 is 0.821 bits per heavy atom. The first-order valence-corrected chi connectivity index (χ1v) is 24.9. The van der Waals surface area contributed by atoms with Crippen LogP contribution in [0.4, 0.5) is 0 Å². The van der Waals surface area contributed by atoms with Crippen LogP contribution < -0.4 is 0 Å². The predicted octanol–water partition coefficient (Wildman–Crippen LogP) is 7.22. The van der Waals surface area contributed by atoms with E-state index in [1.54, 1.807) is 41.1 Å². The van der Waals surface area contributed by atoms with E-state index in [0.29, 0.717) is 50.5 Å². The van der Waals surface area contributed by atoms with Crippen molar-refractivity contribution in [2.45, 2.75) is 193 Å². The number of methoxy groups -OCH3 is 3. The van der Waals surface area contributed by atoms with Gasteiger partial charge in [-0.2, -0.15) is 0 Å². The molecule has 1 amide bonds. The molecule has 0 radical (unpaired) electrons. The molecule has 0 aromatic carbocycles. The van der Waals surface area contributed by atoms with Crippen molar-refractivity contribution >= 4 is 29.2 Å². The number of carbonyl (C=O) groups excluding carboxylic acids is 5. The zero-order valence-electron chi connectivity index (χ0n) is 42.2. The number of amides is 1. The number of cyclic esters (lactones) is 1. The van der Waals surface area contributed by atoms with Crippen molar-refractivity contribution in [3.05, 3.63) is 48.1 Å². The van der Waals surface area contributed by atoms with Gasteiger partial charge in [-0.05, 0) is 108 Å². The number of esters is 1. The summed E-state index contributed by atoms with van der Waals surface area (Å²) in [6, 6.07) is -1.12. The Morgan fingerprint density at radius 3 is 2.18 bits per heavy atom. The summed E-state index contributed by atoms with van der Waals surface area (Å²) in [4.78, 5) is 72.0. The molecular weight excluding hydrogens is 859 g/mol. The lowest BCUT2D eigenvalue weighted by molar-refractivity contribution is -0.265. The Bertz CT molecular complexity index is 1770. The van der Waals surface area contributed by atoms with E-state index in [1.807, 2.05) is 71.1 Å². The van der Waals surface area contributed by atoms with Crippen LogP contribution in [0.1, 0.15) is 132 Å². The number of allylic oxidation sites excluding steroid dienone is 6. The van der Waals surface area contributed by atoms with Crippen molar-refractivity contribution < 1.29 is 62.6 Å². The molecular formula is C53H83NO13. The summed E-state index contributed by atoms with van der Waals surface area (Å²) in [5.41, 5.74) is 0.400. The predicted molar refractivity (Wildman–Crippen MR) is 255 cm³/mol. The number of hydrogen-bond donors (Lipinski definition) is 2. The number of hydrogen-bond acceptors (Lipinski definition) is 13. The third-order valence-electron chi connectivity index (χ3n) is 14.5. The molecule has 2 saturated heterocycles. The van der Waals surface area contributed by atoms with Crippen LogP contribution >= 0.6 is 0 Å². The number of aliphatic hydroxyl groups excluding tert-OH is 1.